The third kappa shape index (κ3) is 2.98. The van der Waals surface area contributed by atoms with E-state index in [0.29, 0.717) is 17.2 Å². The lowest BCUT2D eigenvalue weighted by atomic mass is 10.3. The SMILES string of the molecule is COc1cc(OC)cc(Oc2ccc(C(=O)O)o2)c1. The van der Waals surface area contributed by atoms with Gasteiger partial charge in [0, 0.05) is 24.3 Å². The fourth-order valence-corrected chi connectivity index (χ4v) is 1.45. The summed E-state index contributed by atoms with van der Waals surface area (Å²) in [5, 5.41) is 8.74. The summed E-state index contributed by atoms with van der Waals surface area (Å²) in [6, 6.07) is 7.69. The van der Waals surface area contributed by atoms with Crippen LogP contribution in [0.2, 0.25) is 0 Å². The van der Waals surface area contributed by atoms with Gasteiger partial charge in [-0.2, -0.15) is 0 Å². The van der Waals surface area contributed by atoms with Gasteiger partial charge in [-0.3, -0.25) is 0 Å². The zero-order valence-electron chi connectivity index (χ0n) is 10.4. The zero-order valence-corrected chi connectivity index (χ0v) is 10.4. The summed E-state index contributed by atoms with van der Waals surface area (Å²) in [4.78, 5) is 10.7. The molecule has 6 heteroatoms. The summed E-state index contributed by atoms with van der Waals surface area (Å²) in [6.07, 6.45) is 0. The number of benzene rings is 1. The maximum atomic E-state index is 10.7. The normalized spacial score (nSPS) is 10.0. The first-order chi connectivity index (χ1) is 9.12. The van der Waals surface area contributed by atoms with Gasteiger partial charge in [-0.05, 0) is 6.07 Å². The van der Waals surface area contributed by atoms with Crippen LogP contribution in [-0.2, 0) is 0 Å². The van der Waals surface area contributed by atoms with Crippen LogP contribution < -0.4 is 14.2 Å². The molecule has 2 aromatic rings. The highest BCUT2D eigenvalue weighted by molar-refractivity contribution is 5.84. The predicted octanol–water partition coefficient (Wildman–Crippen LogP) is 2.79. The molecule has 100 valence electrons. The molecule has 19 heavy (non-hydrogen) atoms. The fraction of sp³-hybridized carbons (Fsp3) is 0.154. The van der Waals surface area contributed by atoms with Gasteiger partial charge in [0.05, 0.1) is 14.2 Å². The Balaban J connectivity index is 2.23. The Morgan fingerprint density at radius 3 is 2.11 bits per heavy atom. The number of hydrogen-bond acceptors (Lipinski definition) is 5. The number of carboxylic acid groups (broad SMARTS) is 1. The standard InChI is InChI=1S/C13H12O6/c1-16-8-5-9(17-2)7-10(6-8)18-12-4-3-11(19-12)13(14)15/h3-7H,1-2H3,(H,14,15). The van der Waals surface area contributed by atoms with Crippen molar-refractivity contribution < 1.29 is 28.5 Å². The van der Waals surface area contributed by atoms with Crippen molar-refractivity contribution in [3.05, 3.63) is 36.1 Å². The maximum absolute atomic E-state index is 10.7. The van der Waals surface area contributed by atoms with Crippen molar-refractivity contribution in [3.8, 4) is 23.2 Å². The number of ether oxygens (including phenoxy) is 3. The molecule has 1 aromatic carbocycles. The number of furan rings is 1. The van der Waals surface area contributed by atoms with Crippen molar-refractivity contribution in [2.45, 2.75) is 0 Å². The first kappa shape index (κ1) is 12.8. The van der Waals surface area contributed by atoms with E-state index >= 15 is 0 Å². The second-order valence-electron chi connectivity index (χ2n) is 3.57. The van der Waals surface area contributed by atoms with Gasteiger partial charge in [0.25, 0.3) is 5.95 Å². The van der Waals surface area contributed by atoms with Gasteiger partial charge in [0.15, 0.2) is 0 Å². The Labute approximate surface area is 109 Å². The van der Waals surface area contributed by atoms with E-state index in [1.807, 2.05) is 0 Å². The molecule has 1 heterocycles. The molecular formula is C13H12O6. The van der Waals surface area contributed by atoms with Crippen LogP contribution in [0.15, 0.2) is 34.7 Å². The Morgan fingerprint density at radius 1 is 1.05 bits per heavy atom. The summed E-state index contributed by atoms with van der Waals surface area (Å²) in [6.45, 7) is 0. The highest BCUT2D eigenvalue weighted by Crippen LogP contribution is 2.31. The van der Waals surface area contributed by atoms with E-state index in [4.69, 9.17) is 23.7 Å². The number of rotatable bonds is 5. The van der Waals surface area contributed by atoms with Crippen LogP contribution in [0.25, 0.3) is 0 Å². The fourth-order valence-electron chi connectivity index (χ4n) is 1.45. The molecule has 0 saturated carbocycles. The van der Waals surface area contributed by atoms with Crippen molar-refractivity contribution in [1.82, 2.24) is 0 Å². The lowest BCUT2D eigenvalue weighted by Crippen LogP contribution is -1.92. The monoisotopic (exact) mass is 264 g/mol. The third-order valence-corrected chi connectivity index (χ3v) is 2.34. The van der Waals surface area contributed by atoms with Crippen LogP contribution >= 0.6 is 0 Å². The van der Waals surface area contributed by atoms with Gasteiger partial charge in [-0.15, -0.1) is 0 Å². The van der Waals surface area contributed by atoms with E-state index in [0.717, 1.165) is 0 Å². The Bertz CT molecular complexity index is 564. The minimum absolute atomic E-state index is 0.0766. The molecule has 0 unspecified atom stereocenters. The molecule has 1 N–H and O–H groups in total. The quantitative estimate of drug-likeness (QED) is 0.894. The summed E-state index contributed by atoms with van der Waals surface area (Å²) in [7, 11) is 3.04. The highest BCUT2D eigenvalue weighted by atomic mass is 16.6. The van der Waals surface area contributed by atoms with Gasteiger partial charge in [0.1, 0.15) is 17.2 Å². The largest absolute Gasteiger partial charge is 0.496 e. The molecule has 0 fully saturated rings. The lowest BCUT2D eigenvalue weighted by molar-refractivity contribution is 0.0657. The number of carbonyl (C=O) groups is 1. The molecule has 6 nitrogen and oxygen atoms in total. The van der Waals surface area contributed by atoms with E-state index in [1.54, 1.807) is 18.2 Å². The van der Waals surface area contributed by atoms with Gasteiger partial charge in [-0.1, -0.05) is 0 Å². The average Bonchev–Trinajstić information content (AvgIpc) is 2.87. The van der Waals surface area contributed by atoms with Crippen molar-refractivity contribution in [2.75, 3.05) is 14.2 Å². The summed E-state index contributed by atoms with van der Waals surface area (Å²) in [5.74, 6) is 0.261. The van der Waals surface area contributed by atoms with Gasteiger partial charge < -0.3 is 23.7 Å². The Kier molecular flexibility index (Phi) is 3.61. The average molecular weight is 264 g/mol. The maximum Gasteiger partial charge on any atom is 0.371 e. The van der Waals surface area contributed by atoms with Gasteiger partial charge in [-0.25, -0.2) is 4.79 Å². The molecule has 1 aromatic heterocycles. The second kappa shape index (κ2) is 5.34. The minimum atomic E-state index is -1.15. The van der Waals surface area contributed by atoms with Crippen LogP contribution in [0.5, 0.6) is 23.2 Å². The zero-order chi connectivity index (χ0) is 13.8. The first-order valence-electron chi connectivity index (χ1n) is 5.36. The molecule has 0 atom stereocenters. The molecule has 0 bridgehead atoms. The van der Waals surface area contributed by atoms with Crippen molar-refractivity contribution in [2.24, 2.45) is 0 Å². The van der Waals surface area contributed by atoms with Crippen LogP contribution in [0.3, 0.4) is 0 Å². The van der Waals surface area contributed by atoms with E-state index in [-0.39, 0.29) is 11.7 Å². The van der Waals surface area contributed by atoms with E-state index in [1.165, 1.54) is 26.4 Å². The topological polar surface area (TPSA) is 78.1 Å². The Morgan fingerprint density at radius 2 is 1.63 bits per heavy atom. The van der Waals surface area contributed by atoms with Crippen LogP contribution in [0.4, 0.5) is 0 Å². The molecule has 0 saturated heterocycles. The van der Waals surface area contributed by atoms with Crippen LogP contribution in [0, 0.1) is 0 Å². The molecular weight excluding hydrogens is 252 g/mol. The molecule has 0 spiro atoms. The molecule has 0 aliphatic rings. The Hall–Kier alpha value is -2.63. The summed E-state index contributed by atoms with van der Waals surface area (Å²) < 4.78 is 20.6. The number of aromatic carboxylic acids is 1. The number of carboxylic acids is 1. The molecule has 0 aliphatic carbocycles. The third-order valence-electron chi connectivity index (χ3n) is 2.34. The molecule has 0 amide bonds. The number of methoxy groups -OCH3 is 2. The molecule has 0 aliphatic heterocycles. The molecule has 0 radical (unpaired) electrons. The van der Waals surface area contributed by atoms with Crippen LogP contribution in [0.1, 0.15) is 10.6 Å². The smallest absolute Gasteiger partial charge is 0.371 e. The van der Waals surface area contributed by atoms with Crippen molar-refractivity contribution >= 4 is 5.97 Å². The minimum Gasteiger partial charge on any atom is -0.496 e. The van der Waals surface area contributed by atoms with Gasteiger partial charge in [0.2, 0.25) is 5.76 Å². The van der Waals surface area contributed by atoms with E-state index in [9.17, 15) is 4.79 Å². The van der Waals surface area contributed by atoms with Gasteiger partial charge >= 0.3 is 5.97 Å². The van der Waals surface area contributed by atoms with E-state index in [2.05, 4.69) is 0 Å². The summed E-state index contributed by atoms with van der Waals surface area (Å²) >= 11 is 0. The van der Waals surface area contributed by atoms with Crippen LogP contribution in [-0.4, -0.2) is 25.3 Å². The second-order valence-corrected chi connectivity index (χ2v) is 3.57. The van der Waals surface area contributed by atoms with Crippen molar-refractivity contribution in [3.63, 3.8) is 0 Å². The predicted molar refractivity (Wildman–Crippen MR) is 65.3 cm³/mol. The summed E-state index contributed by atoms with van der Waals surface area (Å²) in [5.41, 5.74) is 0. The lowest BCUT2D eigenvalue weighted by Gasteiger charge is -2.08. The number of hydrogen-bond donors (Lipinski definition) is 1. The molecule has 2 rings (SSSR count). The highest BCUT2D eigenvalue weighted by Gasteiger charge is 2.11. The van der Waals surface area contributed by atoms with E-state index < -0.39 is 5.97 Å². The van der Waals surface area contributed by atoms with Crippen molar-refractivity contribution in [1.29, 1.82) is 0 Å². The first-order valence-corrected chi connectivity index (χ1v) is 5.36.